The lowest BCUT2D eigenvalue weighted by Gasteiger charge is -2.26. The fourth-order valence-electron chi connectivity index (χ4n) is 2.25. The topological polar surface area (TPSA) is 79.7 Å². The van der Waals surface area contributed by atoms with Crippen LogP contribution in [-0.2, 0) is 4.74 Å². The van der Waals surface area contributed by atoms with Crippen molar-refractivity contribution in [1.29, 1.82) is 0 Å². The van der Waals surface area contributed by atoms with E-state index in [4.69, 9.17) is 4.74 Å². The van der Waals surface area contributed by atoms with Gasteiger partial charge in [-0.15, -0.1) is 0 Å². The maximum atomic E-state index is 11.9. The van der Waals surface area contributed by atoms with Gasteiger partial charge in [-0.25, -0.2) is 9.59 Å². The van der Waals surface area contributed by atoms with Crippen LogP contribution in [0.25, 0.3) is 5.57 Å². The Morgan fingerprint density at radius 2 is 2.23 bits per heavy atom. The first-order chi connectivity index (χ1) is 10.5. The largest absolute Gasteiger partial charge is 0.478 e. The average Bonchev–Trinajstić information content (AvgIpc) is 2.52. The van der Waals surface area contributed by atoms with Crippen molar-refractivity contribution in [3.8, 4) is 0 Å². The molecule has 0 radical (unpaired) electrons. The van der Waals surface area contributed by atoms with Crippen LogP contribution in [0.5, 0.6) is 0 Å². The van der Waals surface area contributed by atoms with E-state index < -0.39 is 5.97 Å². The standard InChI is InChI=1S/C16H20N2O4/c1-11(2)10-22-16(21)18-7-4-12(5-8-18)13-3-6-17-9-14(13)15(19)20/h3-4,6,9,11H,5,7-8,10H2,1-2H3,(H,19,20). The summed E-state index contributed by atoms with van der Waals surface area (Å²) in [4.78, 5) is 28.6. The molecular weight excluding hydrogens is 284 g/mol. The van der Waals surface area contributed by atoms with Gasteiger partial charge in [0.25, 0.3) is 0 Å². The molecule has 118 valence electrons. The molecule has 1 aromatic rings. The monoisotopic (exact) mass is 304 g/mol. The highest BCUT2D eigenvalue weighted by Crippen LogP contribution is 2.25. The van der Waals surface area contributed by atoms with Crippen LogP contribution < -0.4 is 0 Å². The number of carbonyl (C=O) groups is 2. The summed E-state index contributed by atoms with van der Waals surface area (Å²) < 4.78 is 5.20. The third kappa shape index (κ3) is 3.84. The number of aromatic nitrogens is 1. The molecule has 0 saturated heterocycles. The van der Waals surface area contributed by atoms with Gasteiger partial charge in [0.05, 0.1) is 12.2 Å². The van der Waals surface area contributed by atoms with Gasteiger partial charge in [-0.1, -0.05) is 19.9 Å². The predicted octanol–water partition coefficient (Wildman–Crippen LogP) is 2.66. The normalized spacial score (nSPS) is 14.7. The highest BCUT2D eigenvalue weighted by atomic mass is 16.6. The summed E-state index contributed by atoms with van der Waals surface area (Å²) in [6.07, 6.45) is 5.08. The lowest BCUT2D eigenvalue weighted by Crippen LogP contribution is -2.35. The van der Waals surface area contributed by atoms with E-state index in [9.17, 15) is 14.7 Å². The van der Waals surface area contributed by atoms with Gasteiger partial charge in [-0.2, -0.15) is 0 Å². The van der Waals surface area contributed by atoms with Gasteiger partial charge in [0.1, 0.15) is 0 Å². The predicted molar refractivity (Wildman–Crippen MR) is 81.5 cm³/mol. The number of rotatable bonds is 4. The number of hydrogen-bond donors (Lipinski definition) is 1. The van der Waals surface area contributed by atoms with Gasteiger partial charge < -0.3 is 14.7 Å². The average molecular weight is 304 g/mol. The number of nitrogens with zero attached hydrogens (tertiary/aromatic N) is 2. The van der Waals surface area contributed by atoms with Crippen molar-refractivity contribution in [2.45, 2.75) is 20.3 Å². The summed E-state index contributed by atoms with van der Waals surface area (Å²) in [7, 11) is 0. The molecule has 0 spiro atoms. The zero-order chi connectivity index (χ0) is 16.1. The Morgan fingerprint density at radius 3 is 2.82 bits per heavy atom. The maximum Gasteiger partial charge on any atom is 0.410 e. The van der Waals surface area contributed by atoms with E-state index in [0.717, 1.165) is 5.57 Å². The Morgan fingerprint density at radius 1 is 1.45 bits per heavy atom. The number of carbonyl (C=O) groups excluding carboxylic acids is 1. The molecule has 1 aliphatic rings. The second-order valence-electron chi connectivity index (χ2n) is 5.62. The summed E-state index contributed by atoms with van der Waals surface area (Å²) in [6, 6.07) is 1.70. The molecule has 2 heterocycles. The number of pyridine rings is 1. The van der Waals surface area contributed by atoms with Crippen LogP contribution in [-0.4, -0.2) is 46.7 Å². The number of ether oxygens (including phenoxy) is 1. The molecule has 2 rings (SSSR count). The van der Waals surface area contributed by atoms with Crippen LogP contribution in [0.3, 0.4) is 0 Å². The van der Waals surface area contributed by atoms with Crippen LogP contribution in [0, 0.1) is 5.92 Å². The fourth-order valence-corrected chi connectivity index (χ4v) is 2.25. The number of hydrogen-bond acceptors (Lipinski definition) is 4. The minimum absolute atomic E-state index is 0.185. The smallest absolute Gasteiger partial charge is 0.410 e. The Bertz CT molecular complexity index is 596. The SMILES string of the molecule is CC(C)COC(=O)N1CC=C(c2ccncc2C(=O)O)CC1. The first kappa shape index (κ1) is 16.0. The Kier molecular flexibility index (Phi) is 5.14. The van der Waals surface area contributed by atoms with E-state index >= 15 is 0 Å². The van der Waals surface area contributed by atoms with Crippen molar-refractivity contribution in [2.75, 3.05) is 19.7 Å². The van der Waals surface area contributed by atoms with Crippen molar-refractivity contribution >= 4 is 17.6 Å². The van der Waals surface area contributed by atoms with E-state index in [1.54, 1.807) is 17.2 Å². The molecule has 0 fully saturated rings. The molecule has 0 unspecified atom stereocenters. The molecule has 0 aliphatic carbocycles. The molecule has 1 N–H and O–H groups in total. The van der Waals surface area contributed by atoms with Crippen molar-refractivity contribution < 1.29 is 19.4 Å². The zero-order valence-electron chi connectivity index (χ0n) is 12.8. The van der Waals surface area contributed by atoms with Gasteiger partial charge in [0.2, 0.25) is 0 Å². The van der Waals surface area contributed by atoms with Crippen LogP contribution in [0.1, 0.15) is 36.2 Å². The summed E-state index contributed by atoms with van der Waals surface area (Å²) in [5.41, 5.74) is 1.77. The van der Waals surface area contributed by atoms with Crippen molar-refractivity contribution in [2.24, 2.45) is 5.92 Å². The molecule has 22 heavy (non-hydrogen) atoms. The van der Waals surface area contributed by atoms with Gasteiger partial charge in [0.15, 0.2) is 0 Å². The summed E-state index contributed by atoms with van der Waals surface area (Å²) in [6.45, 7) is 5.31. The van der Waals surface area contributed by atoms with E-state index in [1.807, 2.05) is 19.9 Å². The highest BCUT2D eigenvalue weighted by Gasteiger charge is 2.21. The Labute approximate surface area is 129 Å². The Hall–Kier alpha value is -2.37. The molecule has 1 amide bonds. The fraction of sp³-hybridized carbons (Fsp3) is 0.438. The van der Waals surface area contributed by atoms with E-state index in [1.165, 1.54) is 6.20 Å². The van der Waals surface area contributed by atoms with Crippen molar-refractivity contribution in [1.82, 2.24) is 9.88 Å². The third-order valence-corrected chi connectivity index (χ3v) is 3.40. The molecule has 1 aromatic heterocycles. The zero-order valence-corrected chi connectivity index (χ0v) is 12.8. The van der Waals surface area contributed by atoms with Gasteiger partial charge >= 0.3 is 12.1 Å². The minimum Gasteiger partial charge on any atom is -0.478 e. The molecule has 0 bridgehead atoms. The van der Waals surface area contributed by atoms with Crippen molar-refractivity contribution in [3.63, 3.8) is 0 Å². The van der Waals surface area contributed by atoms with E-state index in [2.05, 4.69) is 4.98 Å². The lowest BCUT2D eigenvalue weighted by molar-refractivity contribution is 0.0695. The Balaban J connectivity index is 2.06. The van der Waals surface area contributed by atoms with E-state index in [-0.39, 0.29) is 11.7 Å². The molecule has 1 aliphatic heterocycles. The van der Waals surface area contributed by atoms with Crippen molar-refractivity contribution in [3.05, 3.63) is 35.7 Å². The number of amides is 1. The summed E-state index contributed by atoms with van der Waals surface area (Å²) in [5, 5.41) is 9.21. The van der Waals surface area contributed by atoms with Gasteiger partial charge in [-0.3, -0.25) is 4.98 Å². The second kappa shape index (κ2) is 7.06. The molecule has 0 atom stereocenters. The quantitative estimate of drug-likeness (QED) is 0.925. The number of aromatic carboxylic acids is 1. The lowest BCUT2D eigenvalue weighted by atomic mass is 9.96. The van der Waals surface area contributed by atoms with Crippen LogP contribution in [0.15, 0.2) is 24.5 Å². The van der Waals surface area contributed by atoms with Gasteiger partial charge in [0, 0.05) is 25.5 Å². The highest BCUT2D eigenvalue weighted by molar-refractivity contribution is 5.94. The summed E-state index contributed by atoms with van der Waals surface area (Å²) >= 11 is 0. The molecule has 6 heteroatoms. The molecule has 0 saturated carbocycles. The molecular formula is C16H20N2O4. The summed E-state index contributed by atoms with van der Waals surface area (Å²) in [5.74, 6) is -0.697. The van der Waals surface area contributed by atoms with Gasteiger partial charge in [-0.05, 0) is 29.5 Å². The molecule has 0 aromatic carbocycles. The number of carboxylic acid groups (broad SMARTS) is 1. The molecule has 6 nitrogen and oxygen atoms in total. The van der Waals surface area contributed by atoms with Crippen LogP contribution in [0.2, 0.25) is 0 Å². The van der Waals surface area contributed by atoms with E-state index in [0.29, 0.717) is 37.6 Å². The van der Waals surface area contributed by atoms with Crippen LogP contribution in [0.4, 0.5) is 4.79 Å². The third-order valence-electron chi connectivity index (χ3n) is 3.40. The first-order valence-electron chi connectivity index (χ1n) is 7.27. The number of carboxylic acids is 1. The van der Waals surface area contributed by atoms with Crippen LogP contribution >= 0.6 is 0 Å². The second-order valence-corrected chi connectivity index (χ2v) is 5.62. The minimum atomic E-state index is -0.997. The maximum absolute atomic E-state index is 11.9. The first-order valence-corrected chi connectivity index (χ1v) is 7.27.